The fourth-order valence-corrected chi connectivity index (χ4v) is 4.98. The predicted molar refractivity (Wildman–Crippen MR) is 139 cm³/mol. The van der Waals surface area contributed by atoms with Gasteiger partial charge in [-0.2, -0.15) is 0 Å². The Morgan fingerprint density at radius 1 is 0.564 bits per heavy atom. The smallest absolute Gasteiger partial charge is 0.304 e. The zero-order chi connectivity index (χ0) is 30.0. The molecule has 2 fully saturated rings. The molecule has 2 heterocycles. The lowest BCUT2D eigenvalue weighted by Gasteiger charge is -2.42. The SMILES string of the molecule is CC(=O)OC[C@H]1OC(Br)[C@H](C)[C@@H](C)[C@H]1OC(C)=O.CC(=O)OC[C@H]1OC(OC(C)=O)[C@H](C)[C@@H](C)[C@H]1OC(C)=O. The maximum atomic E-state index is 11.2. The minimum atomic E-state index is -0.759. The molecule has 0 aliphatic carbocycles. The molecule has 0 aromatic heterocycles. The minimum Gasteiger partial charge on any atom is -0.463 e. The number of alkyl halides is 1. The van der Waals surface area contributed by atoms with Gasteiger partial charge in [-0.1, -0.05) is 43.6 Å². The minimum absolute atomic E-state index is 0.0674. The Labute approximate surface area is 237 Å². The second kappa shape index (κ2) is 16.1. The van der Waals surface area contributed by atoms with Crippen molar-refractivity contribution in [2.24, 2.45) is 23.7 Å². The first-order valence-electron chi connectivity index (χ1n) is 12.8. The van der Waals surface area contributed by atoms with Gasteiger partial charge in [0.05, 0.1) is 0 Å². The molecule has 0 aromatic rings. The van der Waals surface area contributed by atoms with E-state index in [2.05, 4.69) is 15.9 Å². The summed E-state index contributed by atoms with van der Waals surface area (Å²) in [5.74, 6) is -2.07. The highest BCUT2D eigenvalue weighted by Gasteiger charge is 2.45. The molecule has 13 heteroatoms. The maximum absolute atomic E-state index is 11.2. The number of hydrogen-bond acceptors (Lipinski definition) is 12. The third kappa shape index (κ3) is 11.4. The Morgan fingerprint density at radius 3 is 1.33 bits per heavy atom. The molecular weight excluding hydrogens is 584 g/mol. The highest BCUT2D eigenvalue weighted by Crippen LogP contribution is 2.36. The third-order valence-corrected chi connectivity index (χ3v) is 7.72. The van der Waals surface area contributed by atoms with Gasteiger partial charge < -0.3 is 33.2 Å². The van der Waals surface area contributed by atoms with Crippen LogP contribution in [0.3, 0.4) is 0 Å². The van der Waals surface area contributed by atoms with Crippen molar-refractivity contribution in [2.45, 2.75) is 98.0 Å². The summed E-state index contributed by atoms with van der Waals surface area (Å²) in [4.78, 5) is 55.3. The Bertz CT molecular complexity index is 864. The lowest BCUT2D eigenvalue weighted by atomic mass is 9.84. The van der Waals surface area contributed by atoms with Crippen molar-refractivity contribution >= 4 is 45.8 Å². The lowest BCUT2D eigenvalue weighted by Crippen LogP contribution is -2.53. The summed E-state index contributed by atoms with van der Waals surface area (Å²) in [6.45, 7) is 14.3. The number of carbonyl (C=O) groups is 5. The predicted octanol–water partition coefficient (Wildman–Crippen LogP) is 2.91. The van der Waals surface area contributed by atoms with Crippen LogP contribution in [0.25, 0.3) is 0 Å². The molecule has 0 radical (unpaired) electrons. The summed E-state index contributed by atoms with van der Waals surface area (Å²) in [6.07, 6.45) is -2.83. The highest BCUT2D eigenvalue weighted by molar-refractivity contribution is 9.09. The van der Waals surface area contributed by atoms with Gasteiger partial charge in [-0.05, 0) is 5.92 Å². The fourth-order valence-electron chi connectivity index (χ4n) is 4.22. The second-order valence-corrected chi connectivity index (χ2v) is 10.8. The van der Waals surface area contributed by atoms with Crippen LogP contribution in [0.5, 0.6) is 0 Å². The maximum Gasteiger partial charge on any atom is 0.304 e. The molecule has 0 saturated carbocycles. The normalized spacial score (nSPS) is 33.9. The number of esters is 5. The van der Waals surface area contributed by atoms with Crippen LogP contribution in [0.1, 0.15) is 62.3 Å². The van der Waals surface area contributed by atoms with E-state index in [1.54, 1.807) is 0 Å². The number of ether oxygens (including phenoxy) is 7. The van der Waals surface area contributed by atoms with Gasteiger partial charge in [0.1, 0.15) is 42.6 Å². The molecule has 0 bridgehead atoms. The summed E-state index contributed by atoms with van der Waals surface area (Å²) >= 11 is 3.43. The Balaban J connectivity index is 0.000000395. The van der Waals surface area contributed by atoms with Crippen LogP contribution in [-0.2, 0) is 57.1 Å². The van der Waals surface area contributed by atoms with E-state index >= 15 is 0 Å². The molecule has 0 amide bonds. The van der Waals surface area contributed by atoms with Gasteiger partial charge in [-0.15, -0.1) is 0 Å². The summed E-state index contributed by atoms with van der Waals surface area (Å²) in [5, 5.41) is -0.139. The zero-order valence-corrected chi connectivity index (χ0v) is 25.6. The molecule has 224 valence electrons. The summed E-state index contributed by atoms with van der Waals surface area (Å²) in [6, 6.07) is 0. The van der Waals surface area contributed by atoms with Crippen LogP contribution in [-0.4, -0.2) is 78.8 Å². The summed E-state index contributed by atoms with van der Waals surface area (Å²) in [7, 11) is 0. The Hall–Kier alpha value is -2.25. The molecule has 2 saturated heterocycles. The average Bonchev–Trinajstić information content (AvgIpc) is 2.81. The topological polar surface area (TPSA) is 150 Å². The van der Waals surface area contributed by atoms with Gasteiger partial charge in [0.2, 0.25) is 6.29 Å². The van der Waals surface area contributed by atoms with Crippen molar-refractivity contribution in [1.82, 2.24) is 0 Å². The van der Waals surface area contributed by atoms with E-state index in [0.717, 1.165) is 0 Å². The molecule has 12 nitrogen and oxygen atoms in total. The molecular formula is C26H41BrO12. The van der Waals surface area contributed by atoms with Gasteiger partial charge >= 0.3 is 29.8 Å². The first-order chi connectivity index (χ1) is 18.0. The van der Waals surface area contributed by atoms with Crippen LogP contribution in [0, 0.1) is 23.7 Å². The molecule has 10 atom stereocenters. The van der Waals surface area contributed by atoms with Crippen molar-refractivity contribution in [3.8, 4) is 0 Å². The molecule has 0 N–H and O–H groups in total. The number of hydrogen-bond donors (Lipinski definition) is 0. The molecule has 2 rings (SSSR count). The molecule has 2 unspecified atom stereocenters. The van der Waals surface area contributed by atoms with E-state index in [-0.39, 0.29) is 53.8 Å². The third-order valence-electron chi connectivity index (χ3n) is 6.67. The summed E-state index contributed by atoms with van der Waals surface area (Å²) in [5.41, 5.74) is 0. The van der Waals surface area contributed by atoms with Gasteiger partial charge in [0, 0.05) is 52.4 Å². The first kappa shape index (κ1) is 34.8. The van der Waals surface area contributed by atoms with Crippen LogP contribution < -0.4 is 0 Å². The highest BCUT2D eigenvalue weighted by atomic mass is 79.9. The van der Waals surface area contributed by atoms with E-state index in [0.29, 0.717) is 0 Å². The number of halogens is 1. The van der Waals surface area contributed by atoms with Crippen LogP contribution in [0.4, 0.5) is 0 Å². The van der Waals surface area contributed by atoms with E-state index in [1.165, 1.54) is 34.6 Å². The monoisotopic (exact) mass is 624 g/mol. The Morgan fingerprint density at radius 2 is 0.949 bits per heavy atom. The van der Waals surface area contributed by atoms with E-state index < -0.39 is 48.6 Å². The molecule has 2 aliphatic rings. The van der Waals surface area contributed by atoms with Gasteiger partial charge in [0.25, 0.3) is 0 Å². The van der Waals surface area contributed by atoms with Crippen molar-refractivity contribution in [3.63, 3.8) is 0 Å². The zero-order valence-electron chi connectivity index (χ0n) is 24.0. The fraction of sp³-hybridized carbons (Fsp3) is 0.808. The van der Waals surface area contributed by atoms with Crippen molar-refractivity contribution in [3.05, 3.63) is 0 Å². The van der Waals surface area contributed by atoms with Crippen LogP contribution >= 0.6 is 15.9 Å². The van der Waals surface area contributed by atoms with Gasteiger partial charge in [-0.3, -0.25) is 24.0 Å². The van der Waals surface area contributed by atoms with Crippen LogP contribution in [0.2, 0.25) is 0 Å². The van der Waals surface area contributed by atoms with E-state index in [1.807, 2.05) is 27.7 Å². The molecule has 2 aliphatic heterocycles. The van der Waals surface area contributed by atoms with Crippen LogP contribution in [0.15, 0.2) is 0 Å². The largest absolute Gasteiger partial charge is 0.463 e. The second-order valence-electron chi connectivity index (χ2n) is 9.87. The number of rotatable bonds is 7. The van der Waals surface area contributed by atoms with Gasteiger partial charge in [0.15, 0.2) is 0 Å². The lowest BCUT2D eigenvalue weighted by molar-refractivity contribution is -0.265. The average molecular weight is 626 g/mol. The quantitative estimate of drug-likeness (QED) is 0.233. The van der Waals surface area contributed by atoms with Crippen molar-refractivity contribution < 1.29 is 57.1 Å². The van der Waals surface area contributed by atoms with Crippen molar-refractivity contribution in [1.29, 1.82) is 0 Å². The Kier molecular flexibility index (Phi) is 14.4. The van der Waals surface area contributed by atoms with Crippen molar-refractivity contribution in [2.75, 3.05) is 13.2 Å². The van der Waals surface area contributed by atoms with Gasteiger partial charge in [-0.25, -0.2) is 0 Å². The number of carbonyl (C=O) groups excluding carboxylic acids is 5. The van der Waals surface area contributed by atoms with E-state index in [9.17, 15) is 24.0 Å². The van der Waals surface area contributed by atoms with E-state index in [4.69, 9.17) is 33.2 Å². The molecule has 0 spiro atoms. The molecule has 39 heavy (non-hydrogen) atoms. The standard InChI is InChI=1S/C14H22O7.C12H19BrO5/c1-7-8(2)14(20-11(5)17)21-12(6-18-9(3)15)13(7)19-10(4)16;1-6-7(2)12(13)18-10(5-16-8(3)14)11(6)17-9(4)15/h7-8,12-14H,6H2,1-5H3;6-7,10-12H,5H2,1-4H3/t7-,8-,12-,13-,14?;6-,7-,10-,11-,12?/m11/s1. The summed E-state index contributed by atoms with van der Waals surface area (Å²) < 4.78 is 36.9. The first-order valence-corrected chi connectivity index (χ1v) is 13.7. The molecule has 0 aromatic carbocycles.